The van der Waals surface area contributed by atoms with Gasteiger partial charge in [0.2, 0.25) is 5.91 Å². The van der Waals surface area contributed by atoms with Gasteiger partial charge in [0, 0.05) is 12.7 Å². The third-order valence-electron chi connectivity index (χ3n) is 4.63. The van der Waals surface area contributed by atoms with Crippen molar-refractivity contribution < 1.29 is 9.18 Å². The van der Waals surface area contributed by atoms with Crippen LogP contribution in [0.1, 0.15) is 5.56 Å². The van der Waals surface area contributed by atoms with Crippen LogP contribution in [0, 0.1) is 12.7 Å². The van der Waals surface area contributed by atoms with Crippen LogP contribution in [0.15, 0.2) is 69.9 Å². The minimum Gasteiger partial charge on any atom is -0.315 e. The summed E-state index contributed by atoms with van der Waals surface area (Å²) in [5.74, 6) is -0.617. The average molecular weight is 440 g/mol. The number of hydrogen-bond acceptors (Lipinski definition) is 5. The van der Waals surface area contributed by atoms with E-state index in [2.05, 4.69) is 4.98 Å². The van der Waals surface area contributed by atoms with Crippen LogP contribution >= 0.6 is 23.1 Å². The first-order valence-corrected chi connectivity index (χ1v) is 11.0. The highest BCUT2D eigenvalue weighted by Gasteiger charge is 2.19. The lowest BCUT2D eigenvalue weighted by molar-refractivity contribution is -0.115. The Morgan fingerprint density at radius 2 is 2.00 bits per heavy atom. The quantitative estimate of drug-likeness (QED) is 0.336. The van der Waals surface area contributed by atoms with E-state index in [4.69, 9.17) is 0 Å². The molecule has 30 heavy (non-hydrogen) atoms. The van der Waals surface area contributed by atoms with E-state index in [1.165, 1.54) is 28.0 Å². The number of fused-ring (bicyclic) bond motifs is 1. The van der Waals surface area contributed by atoms with Crippen LogP contribution in [0.5, 0.6) is 0 Å². The highest BCUT2D eigenvalue weighted by atomic mass is 32.2. The minimum atomic E-state index is -0.526. The number of nitrogens with zero attached hydrogens (tertiary/aromatic N) is 3. The van der Waals surface area contributed by atoms with Gasteiger partial charge < -0.3 is 4.90 Å². The first kappa shape index (κ1) is 20.3. The second-order valence-electron chi connectivity index (χ2n) is 6.70. The van der Waals surface area contributed by atoms with Crippen LogP contribution < -0.4 is 10.5 Å². The lowest BCUT2D eigenvalue weighted by Crippen LogP contribution is -2.28. The number of carbonyl (C=O) groups excluding carboxylic acids is 1. The molecular formula is C22H18FN3O2S2. The number of aromatic nitrogens is 2. The lowest BCUT2D eigenvalue weighted by Gasteiger charge is -2.18. The molecule has 4 rings (SSSR count). The first-order chi connectivity index (χ1) is 14.5. The molecule has 0 aliphatic heterocycles. The summed E-state index contributed by atoms with van der Waals surface area (Å²) >= 11 is 2.38. The van der Waals surface area contributed by atoms with E-state index in [9.17, 15) is 14.0 Å². The molecule has 0 unspecified atom stereocenters. The monoisotopic (exact) mass is 439 g/mol. The van der Waals surface area contributed by atoms with Gasteiger partial charge >= 0.3 is 0 Å². The predicted molar refractivity (Wildman–Crippen MR) is 120 cm³/mol. The van der Waals surface area contributed by atoms with E-state index in [0.29, 0.717) is 10.2 Å². The van der Waals surface area contributed by atoms with Crippen LogP contribution in [0.4, 0.5) is 10.1 Å². The van der Waals surface area contributed by atoms with E-state index >= 15 is 0 Å². The van der Waals surface area contributed by atoms with Crippen molar-refractivity contribution in [3.05, 3.63) is 81.7 Å². The molecule has 0 atom stereocenters. The maximum Gasteiger partial charge on any atom is 0.276 e. The number of anilines is 1. The van der Waals surface area contributed by atoms with Gasteiger partial charge in [0.1, 0.15) is 10.5 Å². The summed E-state index contributed by atoms with van der Waals surface area (Å²) in [4.78, 5) is 31.9. The molecule has 0 aliphatic rings. The zero-order valence-electron chi connectivity index (χ0n) is 16.3. The van der Waals surface area contributed by atoms with Gasteiger partial charge in [-0.3, -0.25) is 14.2 Å². The van der Waals surface area contributed by atoms with Crippen molar-refractivity contribution in [3.8, 4) is 5.69 Å². The molecule has 0 radical (unpaired) electrons. The maximum absolute atomic E-state index is 14.5. The topological polar surface area (TPSA) is 55.2 Å². The number of carbonyl (C=O) groups is 1. The van der Waals surface area contributed by atoms with E-state index in [0.717, 1.165) is 23.0 Å². The molecule has 0 aliphatic carbocycles. The van der Waals surface area contributed by atoms with E-state index in [-0.39, 0.29) is 28.1 Å². The van der Waals surface area contributed by atoms with Gasteiger partial charge in [-0.15, -0.1) is 11.3 Å². The van der Waals surface area contributed by atoms with E-state index in [1.54, 1.807) is 35.5 Å². The molecule has 0 fully saturated rings. The van der Waals surface area contributed by atoms with Crippen LogP contribution in [0.2, 0.25) is 0 Å². The van der Waals surface area contributed by atoms with Crippen molar-refractivity contribution in [3.63, 3.8) is 0 Å². The molecular weight excluding hydrogens is 421 g/mol. The van der Waals surface area contributed by atoms with Crippen molar-refractivity contribution in [1.82, 2.24) is 9.55 Å². The van der Waals surface area contributed by atoms with Gasteiger partial charge in [-0.1, -0.05) is 36.0 Å². The lowest BCUT2D eigenvalue weighted by atomic mass is 10.2. The number of amides is 1. The Morgan fingerprint density at radius 1 is 1.20 bits per heavy atom. The van der Waals surface area contributed by atoms with Crippen molar-refractivity contribution in [1.29, 1.82) is 0 Å². The Balaban J connectivity index is 1.69. The zero-order valence-corrected chi connectivity index (χ0v) is 18.0. The van der Waals surface area contributed by atoms with Crippen molar-refractivity contribution in [2.24, 2.45) is 0 Å². The van der Waals surface area contributed by atoms with E-state index < -0.39 is 5.82 Å². The van der Waals surface area contributed by atoms with Crippen LogP contribution in [-0.2, 0) is 4.79 Å². The van der Waals surface area contributed by atoms with Gasteiger partial charge in [0.25, 0.3) is 5.56 Å². The summed E-state index contributed by atoms with van der Waals surface area (Å²) in [6, 6.07) is 15.4. The van der Waals surface area contributed by atoms with Gasteiger partial charge in [0.15, 0.2) is 5.16 Å². The third-order valence-corrected chi connectivity index (χ3v) is 6.45. The number of halogens is 1. The SMILES string of the molecule is Cc1cccc(N(C)C(=O)CSc2nc3ccsc3c(=O)n2-c2ccccc2F)c1. The molecule has 0 saturated carbocycles. The van der Waals surface area contributed by atoms with Crippen molar-refractivity contribution in [2.45, 2.75) is 12.1 Å². The molecule has 8 heteroatoms. The molecule has 0 bridgehead atoms. The molecule has 2 heterocycles. The van der Waals surface area contributed by atoms with Crippen LogP contribution in [-0.4, -0.2) is 28.3 Å². The number of para-hydroxylation sites is 1. The first-order valence-electron chi connectivity index (χ1n) is 9.17. The summed E-state index contributed by atoms with van der Waals surface area (Å²) in [7, 11) is 1.71. The van der Waals surface area contributed by atoms with Crippen molar-refractivity contribution in [2.75, 3.05) is 17.7 Å². The van der Waals surface area contributed by atoms with Gasteiger partial charge in [-0.25, -0.2) is 9.37 Å². The molecule has 2 aromatic carbocycles. The largest absolute Gasteiger partial charge is 0.315 e. The Hall–Kier alpha value is -2.97. The second kappa shape index (κ2) is 8.41. The normalized spacial score (nSPS) is 11.0. The number of thiophene rings is 1. The number of thioether (sulfide) groups is 1. The van der Waals surface area contributed by atoms with Gasteiger partial charge in [-0.05, 0) is 48.2 Å². The summed E-state index contributed by atoms with van der Waals surface area (Å²) in [5.41, 5.74) is 2.15. The standard InChI is InChI=1S/C22H18FN3O2S2/c1-14-6-5-7-15(12-14)25(2)19(27)13-30-22-24-17-10-11-29-20(17)21(28)26(22)18-9-4-3-8-16(18)23/h3-12H,13H2,1-2H3. The summed E-state index contributed by atoms with van der Waals surface area (Å²) in [6.07, 6.45) is 0. The number of benzene rings is 2. The Labute approximate surface area is 180 Å². The molecule has 0 saturated heterocycles. The zero-order chi connectivity index (χ0) is 21.3. The maximum atomic E-state index is 14.5. The molecule has 5 nitrogen and oxygen atoms in total. The van der Waals surface area contributed by atoms with Crippen LogP contribution in [0.3, 0.4) is 0 Å². The second-order valence-corrected chi connectivity index (χ2v) is 8.56. The number of rotatable bonds is 5. The highest BCUT2D eigenvalue weighted by molar-refractivity contribution is 7.99. The fourth-order valence-electron chi connectivity index (χ4n) is 3.04. The summed E-state index contributed by atoms with van der Waals surface area (Å²) in [6.45, 7) is 1.96. The molecule has 152 valence electrons. The molecule has 0 N–H and O–H groups in total. The Morgan fingerprint density at radius 3 is 2.77 bits per heavy atom. The fourth-order valence-corrected chi connectivity index (χ4v) is 4.72. The fraction of sp³-hybridized carbons (Fsp3) is 0.136. The number of aryl methyl sites for hydroxylation is 1. The van der Waals surface area contributed by atoms with Gasteiger partial charge in [0.05, 0.1) is 17.0 Å². The third kappa shape index (κ3) is 3.88. The predicted octanol–water partition coefficient (Wildman–Crippen LogP) is 4.65. The Bertz CT molecular complexity index is 1300. The average Bonchev–Trinajstić information content (AvgIpc) is 3.21. The molecule has 1 amide bonds. The Kier molecular flexibility index (Phi) is 5.69. The van der Waals surface area contributed by atoms with Crippen molar-refractivity contribution >= 4 is 44.9 Å². The van der Waals surface area contributed by atoms with Crippen LogP contribution in [0.25, 0.3) is 15.9 Å². The molecule has 2 aromatic heterocycles. The summed E-state index contributed by atoms with van der Waals surface area (Å²) < 4.78 is 16.2. The highest BCUT2D eigenvalue weighted by Crippen LogP contribution is 2.25. The molecule has 4 aromatic rings. The minimum absolute atomic E-state index is 0.0565. The number of hydrogen-bond donors (Lipinski definition) is 0. The van der Waals surface area contributed by atoms with E-state index in [1.807, 2.05) is 31.2 Å². The summed E-state index contributed by atoms with van der Waals surface area (Å²) in [5, 5.41) is 2.05. The van der Waals surface area contributed by atoms with Gasteiger partial charge in [-0.2, -0.15) is 0 Å². The molecule has 0 spiro atoms. The smallest absolute Gasteiger partial charge is 0.276 e.